The summed E-state index contributed by atoms with van der Waals surface area (Å²) in [6, 6.07) is 0. The average Bonchev–Trinajstić information content (AvgIpc) is 2.49. The van der Waals surface area contributed by atoms with E-state index in [0.29, 0.717) is 5.75 Å². The van der Waals surface area contributed by atoms with Crippen LogP contribution in [0.4, 0.5) is 0 Å². The summed E-state index contributed by atoms with van der Waals surface area (Å²) in [5, 5.41) is 7.86. The first kappa shape index (κ1) is 31.4. The molecule has 4 heteroatoms. The Morgan fingerprint density at radius 3 is 1.04 bits per heavy atom. The summed E-state index contributed by atoms with van der Waals surface area (Å²) >= 11 is 3.68. The monoisotopic (exact) mass is 454 g/mol. The predicted molar refractivity (Wildman–Crippen MR) is 110 cm³/mol. The third kappa shape index (κ3) is 51.8. The van der Waals surface area contributed by atoms with Crippen LogP contribution < -0.4 is 0 Å². The minimum atomic E-state index is -0.787. The van der Waals surface area contributed by atoms with Gasteiger partial charge in [0.1, 0.15) is 0 Å². The summed E-state index contributed by atoms with van der Waals surface area (Å²) in [5.41, 5.74) is 0. The third-order valence-electron chi connectivity index (χ3n) is 3.24. The van der Waals surface area contributed by atoms with E-state index in [9.17, 15) is 4.79 Å². The summed E-state index contributed by atoms with van der Waals surface area (Å²) in [6.07, 6.45) is 17.1. The van der Waals surface area contributed by atoms with Crippen LogP contribution in [0.15, 0.2) is 0 Å². The van der Waals surface area contributed by atoms with Crippen molar-refractivity contribution in [2.75, 3.05) is 5.75 Å². The molecule has 0 spiro atoms. The van der Waals surface area contributed by atoms with Crippen LogP contribution in [0.3, 0.4) is 0 Å². The van der Waals surface area contributed by atoms with Crippen molar-refractivity contribution < 1.29 is 9.90 Å². The molecule has 1 N–H and O–H groups in total. The molecule has 4 radical (unpaired) electrons. The fourth-order valence-electron chi connectivity index (χ4n) is 1.80. The Morgan fingerprint density at radius 2 is 0.957 bits per heavy atom. The standard InChI is InChI=1S/2C8H18.C3H6O2S.Sn/c2*1-3-5-7-8-6-4-2;4-3(5)1-2-6;/h2*3-8H2,1-2H3;6H,1-2H2,(H,4,5);. The molecule has 0 fully saturated rings. The van der Waals surface area contributed by atoms with Gasteiger partial charge in [0, 0.05) is 29.7 Å². The van der Waals surface area contributed by atoms with Crippen molar-refractivity contribution in [2.45, 2.75) is 111 Å². The minimum absolute atomic E-state index is 0. The SMILES string of the molecule is CCCCCCCC.CCCCCCCC.O=C(O)CCS.[Sn]. The Kier molecular flexibility index (Phi) is 46.5. The maximum atomic E-state index is 9.55. The van der Waals surface area contributed by atoms with E-state index >= 15 is 0 Å². The molecule has 0 unspecified atom stereocenters. The summed E-state index contributed by atoms with van der Waals surface area (Å²) in [6.45, 7) is 9.02. The van der Waals surface area contributed by atoms with Crippen LogP contribution in [0.25, 0.3) is 0 Å². The topological polar surface area (TPSA) is 37.3 Å². The number of hydrogen-bond donors (Lipinski definition) is 2. The summed E-state index contributed by atoms with van der Waals surface area (Å²) < 4.78 is 0. The quantitative estimate of drug-likeness (QED) is 0.195. The Balaban J connectivity index is -0.000000117. The second-order valence-corrected chi connectivity index (χ2v) is 6.14. The van der Waals surface area contributed by atoms with Crippen LogP contribution in [-0.2, 0) is 4.79 Å². The van der Waals surface area contributed by atoms with Crippen LogP contribution in [0.5, 0.6) is 0 Å². The van der Waals surface area contributed by atoms with E-state index in [1.165, 1.54) is 77.0 Å². The van der Waals surface area contributed by atoms with E-state index in [2.05, 4.69) is 40.3 Å². The minimum Gasteiger partial charge on any atom is -0.481 e. The number of rotatable bonds is 12. The number of aliphatic carboxylic acids is 1. The summed E-state index contributed by atoms with van der Waals surface area (Å²) in [7, 11) is 0. The first-order chi connectivity index (χ1) is 10.6. The molecule has 0 atom stereocenters. The van der Waals surface area contributed by atoms with Gasteiger partial charge in [-0.25, -0.2) is 0 Å². The molecule has 0 saturated carbocycles. The van der Waals surface area contributed by atoms with Gasteiger partial charge in [-0.3, -0.25) is 4.79 Å². The maximum absolute atomic E-state index is 9.55. The third-order valence-corrected chi connectivity index (χ3v) is 3.46. The Hall–Kier alpha value is 0.619. The normalized spacial score (nSPS) is 8.91. The zero-order valence-corrected chi connectivity index (χ0v) is 20.0. The molecule has 0 amide bonds. The number of thiol groups is 1. The van der Waals surface area contributed by atoms with Crippen molar-refractivity contribution in [3.8, 4) is 0 Å². The largest absolute Gasteiger partial charge is 0.481 e. The molecular weight excluding hydrogens is 411 g/mol. The molecule has 0 aromatic carbocycles. The number of carboxylic acids is 1. The van der Waals surface area contributed by atoms with Crippen LogP contribution in [0.2, 0.25) is 0 Å². The van der Waals surface area contributed by atoms with Crippen LogP contribution >= 0.6 is 12.6 Å². The predicted octanol–water partition coefficient (Wildman–Crippen LogP) is 6.74. The van der Waals surface area contributed by atoms with Gasteiger partial charge in [-0.05, 0) is 0 Å². The van der Waals surface area contributed by atoms with Crippen molar-refractivity contribution in [1.29, 1.82) is 0 Å². The summed E-state index contributed by atoms with van der Waals surface area (Å²) in [5.74, 6) is -0.361. The zero-order chi connectivity index (χ0) is 17.5. The van der Waals surface area contributed by atoms with Gasteiger partial charge in [-0.1, -0.05) is 105 Å². The molecule has 0 aliphatic heterocycles. The van der Waals surface area contributed by atoms with Crippen molar-refractivity contribution in [3.05, 3.63) is 0 Å². The van der Waals surface area contributed by atoms with Crippen molar-refractivity contribution in [1.82, 2.24) is 0 Å². The molecule has 0 aliphatic rings. The molecule has 2 nitrogen and oxygen atoms in total. The van der Waals surface area contributed by atoms with Gasteiger partial charge in [0.25, 0.3) is 0 Å². The van der Waals surface area contributed by atoms with Crippen molar-refractivity contribution >= 4 is 42.5 Å². The molecular formula is C19H42O2SSn. The van der Waals surface area contributed by atoms with E-state index in [1.54, 1.807) is 0 Å². The molecule has 0 heterocycles. The molecule has 140 valence electrons. The van der Waals surface area contributed by atoms with Crippen molar-refractivity contribution in [3.63, 3.8) is 0 Å². The molecule has 0 saturated heterocycles. The van der Waals surface area contributed by atoms with Gasteiger partial charge in [-0.2, -0.15) is 12.6 Å². The molecule has 0 aromatic rings. The van der Waals surface area contributed by atoms with Gasteiger partial charge in [-0.15, -0.1) is 0 Å². The maximum Gasteiger partial charge on any atom is 0.304 e. The van der Waals surface area contributed by atoms with Gasteiger partial charge in [0.2, 0.25) is 0 Å². The Bertz CT molecular complexity index is 166. The second kappa shape index (κ2) is 34.1. The van der Waals surface area contributed by atoms with Crippen LogP contribution in [0.1, 0.15) is 111 Å². The molecule has 0 aromatic heterocycles. The summed E-state index contributed by atoms with van der Waals surface area (Å²) in [4.78, 5) is 9.55. The van der Waals surface area contributed by atoms with Crippen LogP contribution in [-0.4, -0.2) is 40.7 Å². The van der Waals surface area contributed by atoms with Gasteiger partial charge >= 0.3 is 5.97 Å². The zero-order valence-electron chi connectivity index (χ0n) is 16.2. The fraction of sp³-hybridized carbons (Fsp3) is 0.947. The fourth-order valence-corrected chi connectivity index (χ4v) is 1.99. The van der Waals surface area contributed by atoms with E-state index in [-0.39, 0.29) is 30.3 Å². The number of carbonyl (C=O) groups is 1. The van der Waals surface area contributed by atoms with Gasteiger partial charge < -0.3 is 5.11 Å². The first-order valence-corrected chi connectivity index (χ1v) is 10.1. The van der Waals surface area contributed by atoms with Gasteiger partial charge in [0.05, 0.1) is 6.42 Å². The van der Waals surface area contributed by atoms with Gasteiger partial charge in [0.15, 0.2) is 0 Å². The van der Waals surface area contributed by atoms with E-state index < -0.39 is 5.97 Å². The van der Waals surface area contributed by atoms with Crippen LogP contribution in [0, 0.1) is 0 Å². The van der Waals surface area contributed by atoms with E-state index in [4.69, 9.17) is 5.11 Å². The average molecular weight is 453 g/mol. The second-order valence-electron chi connectivity index (χ2n) is 5.70. The van der Waals surface area contributed by atoms with E-state index in [0.717, 1.165) is 0 Å². The van der Waals surface area contributed by atoms with Crippen molar-refractivity contribution in [2.24, 2.45) is 0 Å². The molecule has 0 aliphatic carbocycles. The molecule has 0 bridgehead atoms. The number of carboxylic acid groups (broad SMARTS) is 1. The Morgan fingerprint density at radius 1 is 0.696 bits per heavy atom. The van der Waals surface area contributed by atoms with E-state index in [1.807, 2.05) is 0 Å². The number of hydrogen-bond acceptors (Lipinski definition) is 2. The Labute approximate surface area is 169 Å². The molecule has 23 heavy (non-hydrogen) atoms. The molecule has 0 rings (SSSR count). The number of unbranched alkanes of at least 4 members (excludes halogenated alkanes) is 10. The smallest absolute Gasteiger partial charge is 0.304 e. The first-order valence-electron chi connectivity index (χ1n) is 9.43.